The molecule has 0 saturated heterocycles. The average molecular weight is 274 g/mol. The number of amides is 1. The Balaban J connectivity index is 2.21. The zero-order valence-electron chi connectivity index (χ0n) is 10.5. The number of halogens is 1. The van der Waals surface area contributed by atoms with Crippen LogP contribution in [0.1, 0.15) is 38.0 Å². The zero-order chi connectivity index (χ0) is 12.7. The molecule has 0 aromatic carbocycles. The van der Waals surface area contributed by atoms with E-state index in [1.54, 1.807) is 11.3 Å². The lowest BCUT2D eigenvalue weighted by Crippen LogP contribution is -2.43. The summed E-state index contributed by atoms with van der Waals surface area (Å²) in [5.74, 6) is 0.694. The van der Waals surface area contributed by atoms with Crippen LogP contribution < -0.4 is 5.32 Å². The van der Waals surface area contributed by atoms with Crippen molar-refractivity contribution < 1.29 is 4.79 Å². The molecule has 0 aliphatic rings. The Morgan fingerprint density at radius 3 is 2.88 bits per heavy atom. The molecule has 0 unspecified atom stereocenters. The fraction of sp³-hybridized carbons (Fsp3) is 0.615. The molecular formula is C13H20ClNOS. The summed E-state index contributed by atoms with van der Waals surface area (Å²) in [6, 6.07) is 4.16. The number of thiophene rings is 1. The summed E-state index contributed by atoms with van der Waals surface area (Å²) in [6.45, 7) is 4.01. The van der Waals surface area contributed by atoms with Crippen molar-refractivity contribution in [2.75, 3.05) is 5.88 Å². The summed E-state index contributed by atoms with van der Waals surface area (Å²) < 4.78 is 0. The molecule has 0 bridgehead atoms. The van der Waals surface area contributed by atoms with E-state index in [2.05, 4.69) is 16.8 Å². The largest absolute Gasteiger partial charge is 0.351 e. The molecule has 0 spiro atoms. The van der Waals surface area contributed by atoms with Gasteiger partial charge < -0.3 is 5.32 Å². The van der Waals surface area contributed by atoms with Gasteiger partial charge >= 0.3 is 0 Å². The number of hydrogen-bond donors (Lipinski definition) is 1. The second-order valence-corrected chi connectivity index (χ2v) is 6.21. The van der Waals surface area contributed by atoms with Crippen molar-refractivity contribution >= 4 is 28.8 Å². The molecule has 0 atom stereocenters. The third-order valence-corrected chi connectivity index (χ3v) is 3.73. The standard InChI is InChI=1S/C13H20ClNOS/c1-13(2,8-9-14)15-12(16)7-3-5-11-6-4-10-17-11/h4,6,10H,3,5,7-9H2,1-2H3,(H,15,16). The topological polar surface area (TPSA) is 29.1 Å². The maximum absolute atomic E-state index is 11.7. The molecule has 0 aliphatic heterocycles. The lowest BCUT2D eigenvalue weighted by atomic mass is 10.0. The van der Waals surface area contributed by atoms with Gasteiger partial charge in [-0.05, 0) is 44.6 Å². The van der Waals surface area contributed by atoms with Crippen LogP contribution in [0.3, 0.4) is 0 Å². The Kier molecular flexibility index (Phi) is 6.00. The molecule has 2 nitrogen and oxygen atoms in total. The van der Waals surface area contributed by atoms with Crippen LogP contribution in [0.4, 0.5) is 0 Å². The Hall–Kier alpha value is -0.540. The van der Waals surface area contributed by atoms with Gasteiger partial charge in [0.05, 0.1) is 0 Å². The van der Waals surface area contributed by atoms with Crippen molar-refractivity contribution in [3.63, 3.8) is 0 Å². The van der Waals surface area contributed by atoms with Crippen molar-refractivity contribution in [1.82, 2.24) is 5.32 Å². The normalized spacial score (nSPS) is 11.5. The highest BCUT2D eigenvalue weighted by molar-refractivity contribution is 7.09. The van der Waals surface area contributed by atoms with Crippen LogP contribution in [0, 0.1) is 0 Å². The fourth-order valence-corrected chi connectivity index (χ4v) is 2.84. The molecule has 1 aromatic rings. The number of carbonyl (C=O) groups is 1. The van der Waals surface area contributed by atoms with Gasteiger partial charge in [0, 0.05) is 22.7 Å². The molecule has 0 saturated carbocycles. The molecule has 1 rings (SSSR count). The second kappa shape index (κ2) is 7.02. The minimum Gasteiger partial charge on any atom is -0.351 e. The summed E-state index contributed by atoms with van der Waals surface area (Å²) in [5, 5.41) is 5.09. The van der Waals surface area contributed by atoms with Crippen LogP contribution in [-0.4, -0.2) is 17.3 Å². The van der Waals surface area contributed by atoms with E-state index in [1.165, 1.54) is 4.88 Å². The summed E-state index contributed by atoms with van der Waals surface area (Å²) in [5.41, 5.74) is -0.193. The molecule has 0 aliphatic carbocycles. The smallest absolute Gasteiger partial charge is 0.220 e. The van der Waals surface area contributed by atoms with E-state index in [-0.39, 0.29) is 11.4 Å². The Morgan fingerprint density at radius 1 is 1.53 bits per heavy atom. The third-order valence-electron chi connectivity index (χ3n) is 2.60. The van der Waals surface area contributed by atoms with Crippen molar-refractivity contribution in [2.45, 2.75) is 45.1 Å². The first-order valence-electron chi connectivity index (χ1n) is 5.93. The van der Waals surface area contributed by atoms with Crippen molar-refractivity contribution in [3.05, 3.63) is 22.4 Å². The summed E-state index contributed by atoms with van der Waals surface area (Å²) >= 11 is 7.44. The van der Waals surface area contributed by atoms with Gasteiger partial charge in [0.25, 0.3) is 0 Å². The van der Waals surface area contributed by atoms with Gasteiger partial charge in [0.1, 0.15) is 0 Å². The quantitative estimate of drug-likeness (QED) is 0.756. The van der Waals surface area contributed by atoms with Gasteiger partial charge in [-0.25, -0.2) is 0 Å². The van der Waals surface area contributed by atoms with E-state index in [1.807, 2.05) is 19.9 Å². The van der Waals surface area contributed by atoms with Gasteiger partial charge in [-0.3, -0.25) is 4.79 Å². The van der Waals surface area contributed by atoms with E-state index in [9.17, 15) is 4.79 Å². The zero-order valence-corrected chi connectivity index (χ0v) is 12.0. The Labute approximate surface area is 112 Å². The van der Waals surface area contributed by atoms with Crippen LogP contribution in [-0.2, 0) is 11.2 Å². The van der Waals surface area contributed by atoms with Crippen LogP contribution in [0.5, 0.6) is 0 Å². The minimum absolute atomic E-state index is 0.122. The predicted molar refractivity (Wildman–Crippen MR) is 74.8 cm³/mol. The Bertz CT molecular complexity index is 335. The fourth-order valence-electron chi connectivity index (χ4n) is 1.62. The number of nitrogens with one attached hydrogen (secondary N) is 1. The first-order valence-corrected chi connectivity index (χ1v) is 7.34. The molecule has 1 aromatic heterocycles. The number of rotatable bonds is 7. The van der Waals surface area contributed by atoms with Gasteiger partial charge in [-0.1, -0.05) is 6.07 Å². The highest BCUT2D eigenvalue weighted by atomic mass is 35.5. The molecular weight excluding hydrogens is 254 g/mol. The molecule has 0 radical (unpaired) electrons. The van der Waals surface area contributed by atoms with E-state index < -0.39 is 0 Å². The highest BCUT2D eigenvalue weighted by Crippen LogP contribution is 2.13. The number of aryl methyl sites for hydroxylation is 1. The first-order chi connectivity index (χ1) is 8.03. The van der Waals surface area contributed by atoms with Crippen LogP contribution >= 0.6 is 22.9 Å². The molecule has 4 heteroatoms. The van der Waals surface area contributed by atoms with E-state index in [0.717, 1.165) is 19.3 Å². The average Bonchev–Trinajstić information content (AvgIpc) is 2.69. The Morgan fingerprint density at radius 2 is 2.29 bits per heavy atom. The molecule has 17 heavy (non-hydrogen) atoms. The predicted octanol–water partition coefficient (Wildman–Crippen LogP) is 3.59. The SMILES string of the molecule is CC(C)(CCCl)NC(=O)CCCc1cccs1. The first kappa shape index (κ1) is 14.5. The summed E-state index contributed by atoms with van der Waals surface area (Å²) in [7, 11) is 0. The lowest BCUT2D eigenvalue weighted by molar-refractivity contribution is -0.122. The maximum Gasteiger partial charge on any atom is 0.220 e. The maximum atomic E-state index is 11.7. The van der Waals surface area contributed by atoms with Gasteiger partial charge in [0.15, 0.2) is 0 Å². The molecule has 1 amide bonds. The van der Waals surface area contributed by atoms with E-state index in [0.29, 0.717) is 12.3 Å². The third kappa shape index (κ3) is 6.08. The molecule has 0 fully saturated rings. The minimum atomic E-state index is -0.193. The number of alkyl halides is 1. The van der Waals surface area contributed by atoms with Gasteiger partial charge in [-0.2, -0.15) is 0 Å². The van der Waals surface area contributed by atoms with E-state index >= 15 is 0 Å². The highest BCUT2D eigenvalue weighted by Gasteiger charge is 2.18. The van der Waals surface area contributed by atoms with Crippen molar-refractivity contribution in [2.24, 2.45) is 0 Å². The molecule has 1 heterocycles. The summed E-state index contributed by atoms with van der Waals surface area (Å²) in [6.07, 6.45) is 3.28. The van der Waals surface area contributed by atoms with Crippen molar-refractivity contribution in [1.29, 1.82) is 0 Å². The number of carbonyl (C=O) groups excluding carboxylic acids is 1. The van der Waals surface area contributed by atoms with Crippen LogP contribution in [0.25, 0.3) is 0 Å². The van der Waals surface area contributed by atoms with Crippen LogP contribution in [0.15, 0.2) is 17.5 Å². The monoisotopic (exact) mass is 273 g/mol. The van der Waals surface area contributed by atoms with E-state index in [4.69, 9.17) is 11.6 Å². The van der Waals surface area contributed by atoms with Gasteiger partial charge in [0.2, 0.25) is 5.91 Å². The summed E-state index contributed by atoms with van der Waals surface area (Å²) in [4.78, 5) is 13.1. The number of hydrogen-bond acceptors (Lipinski definition) is 2. The second-order valence-electron chi connectivity index (χ2n) is 4.80. The van der Waals surface area contributed by atoms with Crippen molar-refractivity contribution in [3.8, 4) is 0 Å². The molecule has 1 N–H and O–H groups in total. The lowest BCUT2D eigenvalue weighted by Gasteiger charge is -2.25. The van der Waals surface area contributed by atoms with Crippen LogP contribution in [0.2, 0.25) is 0 Å². The molecule has 96 valence electrons. The van der Waals surface area contributed by atoms with Gasteiger partial charge in [-0.15, -0.1) is 22.9 Å².